The molecule has 0 bridgehead atoms. The minimum absolute atomic E-state index is 0.669. The minimum Gasteiger partial charge on any atom is -0.383 e. The molecule has 5 heteroatoms. The van der Waals surface area contributed by atoms with Gasteiger partial charge in [-0.3, -0.25) is 4.68 Å². The van der Waals surface area contributed by atoms with Crippen LogP contribution in [0.15, 0.2) is 41.1 Å². The molecule has 1 aromatic heterocycles. The number of aromatic nitrogens is 2. The molecule has 0 spiro atoms. The maximum atomic E-state index is 5.77. The number of hydrogen-bond acceptors (Lipinski definition) is 2. The Labute approximate surface area is 108 Å². The van der Waals surface area contributed by atoms with Crippen molar-refractivity contribution >= 4 is 33.2 Å². The zero-order chi connectivity index (χ0) is 11.4. The molecule has 0 unspecified atom stereocenters. The van der Waals surface area contributed by atoms with Crippen LogP contribution in [-0.4, -0.2) is 16.3 Å². The molecular weight excluding hydrogens is 289 g/mol. The maximum absolute atomic E-state index is 5.77. The Hall–Kier alpha value is -1.00. The summed E-state index contributed by atoms with van der Waals surface area (Å²) >= 11 is 9.19. The molecule has 3 nitrogen and oxygen atoms in total. The average molecular weight is 301 g/mol. The molecule has 0 saturated heterocycles. The van der Waals surface area contributed by atoms with Crippen molar-refractivity contribution in [2.75, 3.05) is 11.9 Å². The number of rotatable bonds is 4. The Morgan fingerprint density at radius 2 is 2.31 bits per heavy atom. The lowest BCUT2D eigenvalue weighted by atomic mass is 10.3. The molecule has 16 heavy (non-hydrogen) atoms. The van der Waals surface area contributed by atoms with Gasteiger partial charge < -0.3 is 5.32 Å². The molecule has 1 aromatic carbocycles. The van der Waals surface area contributed by atoms with Gasteiger partial charge in [0.2, 0.25) is 0 Å². The summed E-state index contributed by atoms with van der Waals surface area (Å²) in [5, 5.41) is 8.08. The summed E-state index contributed by atoms with van der Waals surface area (Å²) in [4.78, 5) is 0. The lowest BCUT2D eigenvalue weighted by Crippen LogP contribution is -2.10. The quantitative estimate of drug-likeness (QED) is 0.938. The summed E-state index contributed by atoms with van der Waals surface area (Å²) in [5.41, 5.74) is 1.09. The van der Waals surface area contributed by atoms with Crippen LogP contribution in [0.25, 0.3) is 0 Å². The number of nitrogens with one attached hydrogen (secondary N) is 1. The number of benzene rings is 1. The van der Waals surface area contributed by atoms with Crippen LogP contribution in [0.4, 0.5) is 5.69 Å². The van der Waals surface area contributed by atoms with E-state index < -0.39 is 0 Å². The molecule has 1 heterocycles. The van der Waals surface area contributed by atoms with E-state index in [2.05, 4.69) is 26.3 Å². The molecule has 0 aliphatic heterocycles. The highest BCUT2D eigenvalue weighted by Crippen LogP contribution is 2.15. The monoisotopic (exact) mass is 299 g/mol. The molecule has 0 saturated carbocycles. The summed E-state index contributed by atoms with van der Waals surface area (Å²) in [5.74, 6) is 0. The standard InChI is InChI=1S/C11H11BrClN3/c12-9-2-1-3-11(6-9)14-4-5-16-8-10(13)7-15-16/h1-3,6-8,14H,4-5H2. The smallest absolute Gasteiger partial charge is 0.0785 e. The number of anilines is 1. The summed E-state index contributed by atoms with van der Waals surface area (Å²) < 4.78 is 2.88. The summed E-state index contributed by atoms with van der Waals surface area (Å²) in [6.45, 7) is 1.60. The van der Waals surface area contributed by atoms with E-state index in [1.165, 1.54) is 0 Å². The lowest BCUT2D eigenvalue weighted by molar-refractivity contribution is 0.638. The second-order valence-electron chi connectivity index (χ2n) is 3.36. The fraction of sp³-hybridized carbons (Fsp3) is 0.182. The predicted molar refractivity (Wildman–Crippen MR) is 69.9 cm³/mol. The van der Waals surface area contributed by atoms with Crippen molar-refractivity contribution in [2.24, 2.45) is 0 Å². The highest BCUT2D eigenvalue weighted by atomic mass is 79.9. The largest absolute Gasteiger partial charge is 0.383 e. The molecule has 0 aliphatic carbocycles. The van der Waals surface area contributed by atoms with Crippen LogP contribution in [0.1, 0.15) is 0 Å². The molecule has 2 aromatic rings. The van der Waals surface area contributed by atoms with Crippen molar-refractivity contribution in [3.8, 4) is 0 Å². The Balaban J connectivity index is 1.84. The van der Waals surface area contributed by atoms with Gasteiger partial charge in [-0.2, -0.15) is 5.10 Å². The van der Waals surface area contributed by atoms with Crippen molar-refractivity contribution in [1.82, 2.24) is 9.78 Å². The van der Waals surface area contributed by atoms with E-state index in [-0.39, 0.29) is 0 Å². The van der Waals surface area contributed by atoms with E-state index in [9.17, 15) is 0 Å². The topological polar surface area (TPSA) is 29.9 Å². The highest BCUT2D eigenvalue weighted by molar-refractivity contribution is 9.10. The van der Waals surface area contributed by atoms with Crippen LogP contribution < -0.4 is 5.32 Å². The van der Waals surface area contributed by atoms with Gasteiger partial charge >= 0.3 is 0 Å². The van der Waals surface area contributed by atoms with Crippen molar-refractivity contribution in [3.63, 3.8) is 0 Å². The summed E-state index contributed by atoms with van der Waals surface area (Å²) in [6, 6.07) is 8.06. The van der Waals surface area contributed by atoms with Gasteiger partial charge in [0.1, 0.15) is 0 Å². The molecule has 0 aliphatic rings. The molecule has 0 radical (unpaired) electrons. The van der Waals surface area contributed by atoms with Crippen LogP contribution in [0.5, 0.6) is 0 Å². The van der Waals surface area contributed by atoms with E-state index in [0.29, 0.717) is 5.02 Å². The van der Waals surface area contributed by atoms with E-state index in [1.54, 1.807) is 6.20 Å². The van der Waals surface area contributed by atoms with E-state index >= 15 is 0 Å². The van der Waals surface area contributed by atoms with Gasteiger partial charge in [0.05, 0.1) is 17.8 Å². The molecule has 0 amide bonds. The van der Waals surface area contributed by atoms with Crippen LogP contribution >= 0.6 is 27.5 Å². The Kier molecular flexibility index (Phi) is 3.85. The van der Waals surface area contributed by atoms with Gasteiger partial charge in [0, 0.05) is 22.9 Å². The Morgan fingerprint density at radius 1 is 1.44 bits per heavy atom. The first-order chi connectivity index (χ1) is 7.74. The minimum atomic E-state index is 0.669. The predicted octanol–water partition coefficient (Wildman–Crippen LogP) is 3.41. The van der Waals surface area contributed by atoms with Crippen LogP contribution in [0.2, 0.25) is 5.02 Å². The van der Waals surface area contributed by atoms with Gasteiger partial charge in [-0.25, -0.2) is 0 Å². The van der Waals surface area contributed by atoms with Gasteiger partial charge in [-0.05, 0) is 18.2 Å². The van der Waals surface area contributed by atoms with Crippen molar-refractivity contribution in [3.05, 3.63) is 46.2 Å². The molecule has 0 atom stereocenters. The van der Waals surface area contributed by atoms with Gasteiger partial charge in [0.25, 0.3) is 0 Å². The first-order valence-electron chi connectivity index (χ1n) is 4.91. The van der Waals surface area contributed by atoms with Crippen LogP contribution in [0.3, 0.4) is 0 Å². The molecule has 1 N–H and O–H groups in total. The number of hydrogen-bond donors (Lipinski definition) is 1. The van der Waals surface area contributed by atoms with Crippen molar-refractivity contribution in [1.29, 1.82) is 0 Å². The van der Waals surface area contributed by atoms with Crippen molar-refractivity contribution in [2.45, 2.75) is 6.54 Å². The van der Waals surface area contributed by atoms with Gasteiger partial charge in [-0.15, -0.1) is 0 Å². The van der Waals surface area contributed by atoms with Crippen LogP contribution in [0, 0.1) is 0 Å². The molecule has 2 rings (SSSR count). The fourth-order valence-corrected chi connectivity index (χ4v) is 1.93. The maximum Gasteiger partial charge on any atom is 0.0785 e. The van der Waals surface area contributed by atoms with E-state index in [1.807, 2.05) is 35.1 Å². The summed E-state index contributed by atoms with van der Waals surface area (Å²) in [6.07, 6.45) is 3.45. The second-order valence-corrected chi connectivity index (χ2v) is 4.71. The Morgan fingerprint density at radius 3 is 3.00 bits per heavy atom. The van der Waals surface area contributed by atoms with Gasteiger partial charge in [0.15, 0.2) is 0 Å². The van der Waals surface area contributed by atoms with Crippen LogP contribution in [-0.2, 0) is 6.54 Å². The third-order valence-corrected chi connectivity index (χ3v) is 2.78. The third kappa shape index (κ3) is 3.25. The number of halogens is 2. The van der Waals surface area contributed by atoms with E-state index in [0.717, 1.165) is 23.2 Å². The average Bonchev–Trinajstić information content (AvgIpc) is 2.64. The SMILES string of the molecule is Clc1cnn(CCNc2cccc(Br)c2)c1. The Bertz CT molecular complexity index is 470. The van der Waals surface area contributed by atoms with Crippen molar-refractivity contribution < 1.29 is 0 Å². The first kappa shape index (κ1) is 11.5. The first-order valence-corrected chi connectivity index (χ1v) is 6.08. The zero-order valence-electron chi connectivity index (χ0n) is 8.53. The molecule has 84 valence electrons. The van der Waals surface area contributed by atoms with Gasteiger partial charge in [-0.1, -0.05) is 33.6 Å². The fourth-order valence-electron chi connectivity index (χ4n) is 1.37. The highest BCUT2D eigenvalue weighted by Gasteiger charge is 1.96. The van der Waals surface area contributed by atoms with E-state index in [4.69, 9.17) is 11.6 Å². The zero-order valence-corrected chi connectivity index (χ0v) is 10.9. The molecular formula is C11H11BrClN3. The normalized spacial score (nSPS) is 10.4. The number of nitrogens with zero attached hydrogens (tertiary/aromatic N) is 2. The second kappa shape index (κ2) is 5.37. The molecule has 0 fully saturated rings. The summed E-state index contributed by atoms with van der Waals surface area (Å²) in [7, 11) is 0. The third-order valence-electron chi connectivity index (χ3n) is 2.10. The lowest BCUT2D eigenvalue weighted by Gasteiger charge is -2.06.